The van der Waals surface area contributed by atoms with Gasteiger partial charge in [0.25, 0.3) is 5.91 Å². The van der Waals surface area contributed by atoms with Gasteiger partial charge in [-0.05, 0) is 31.7 Å². The van der Waals surface area contributed by atoms with Gasteiger partial charge >= 0.3 is 6.03 Å². The van der Waals surface area contributed by atoms with E-state index in [9.17, 15) is 19.6 Å². The minimum Gasteiger partial charge on any atom is -0.357 e. The number of likely N-dealkylation sites (N-methyl/N-ethyl adjacent to an activating group) is 1. The Morgan fingerprint density at radius 1 is 1.17 bits per heavy atom. The zero-order valence-corrected chi connectivity index (χ0v) is 18.7. The molecule has 1 atom stereocenters. The molecule has 0 radical (unpaired) electrons. The summed E-state index contributed by atoms with van der Waals surface area (Å²) in [6.07, 6.45) is 1.47. The number of imide groups is 1. The van der Waals surface area contributed by atoms with E-state index < -0.39 is 28.6 Å². The number of urea groups is 1. The van der Waals surface area contributed by atoms with Crippen LogP contribution in [0, 0.1) is 5.92 Å². The summed E-state index contributed by atoms with van der Waals surface area (Å²) in [5.41, 5.74) is 1.09. The number of hydrogen-bond acceptors (Lipinski definition) is 5. The van der Waals surface area contributed by atoms with Crippen LogP contribution >= 0.6 is 11.8 Å². The number of thioether (sulfide) groups is 1. The zero-order chi connectivity index (χ0) is 22.0. The van der Waals surface area contributed by atoms with Crippen LogP contribution in [0.2, 0.25) is 0 Å². The molecule has 0 unspecified atom stereocenters. The van der Waals surface area contributed by atoms with Gasteiger partial charge in [-0.25, -0.2) is 4.79 Å². The number of amides is 4. The van der Waals surface area contributed by atoms with Gasteiger partial charge in [0.05, 0.1) is 0 Å². The van der Waals surface area contributed by atoms with Crippen molar-refractivity contribution in [1.29, 1.82) is 0 Å². The predicted octanol–water partition coefficient (Wildman–Crippen LogP) is 3.57. The molecule has 1 aromatic rings. The smallest absolute Gasteiger partial charge is 0.349 e. The maximum Gasteiger partial charge on any atom is 0.349 e. The highest BCUT2D eigenvalue weighted by atomic mass is 32.2. The number of hydroxylamine groups is 2. The molecule has 3 N–H and O–H groups in total. The highest BCUT2D eigenvalue weighted by Gasteiger charge is 2.38. The minimum atomic E-state index is -0.999. The average Bonchev–Trinajstić information content (AvgIpc) is 2.69. The van der Waals surface area contributed by atoms with E-state index in [0.717, 1.165) is 12.0 Å². The molecule has 162 valence electrons. The SMILES string of the molecule is CNC(=O)[C@H](NC(=O)N(O)C(=O)CCCC(C)C)C(C)(C)SCc1ccccc1. The third-order valence-corrected chi connectivity index (χ3v) is 5.98. The molecule has 0 aliphatic rings. The van der Waals surface area contributed by atoms with Crippen molar-refractivity contribution < 1.29 is 19.6 Å². The van der Waals surface area contributed by atoms with Gasteiger partial charge in [-0.3, -0.25) is 14.8 Å². The van der Waals surface area contributed by atoms with Crippen molar-refractivity contribution in [2.24, 2.45) is 5.92 Å². The Balaban J connectivity index is 2.77. The van der Waals surface area contributed by atoms with Gasteiger partial charge in [0, 0.05) is 24.0 Å². The number of carbonyl (C=O) groups excluding carboxylic acids is 3. The highest BCUT2D eigenvalue weighted by Crippen LogP contribution is 2.31. The molecule has 0 heterocycles. The molecule has 8 heteroatoms. The summed E-state index contributed by atoms with van der Waals surface area (Å²) in [6, 6.07) is 7.85. The lowest BCUT2D eigenvalue weighted by molar-refractivity contribution is -0.153. The van der Waals surface area contributed by atoms with Crippen LogP contribution in [0.4, 0.5) is 4.79 Å². The second-order valence-corrected chi connectivity index (χ2v) is 9.50. The van der Waals surface area contributed by atoms with Crippen molar-refractivity contribution >= 4 is 29.6 Å². The Morgan fingerprint density at radius 2 is 1.79 bits per heavy atom. The Morgan fingerprint density at radius 3 is 2.34 bits per heavy atom. The second kappa shape index (κ2) is 11.8. The van der Waals surface area contributed by atoms with Crippen LogP contribution < -0.4 is 10.6 Å². The molecule has 1 rings (SSSR count). The number of rotatable bonds is 10. The third kappa shape index (κ3) is 8.45. The molecule has 0 aliphatic carbocycles. The van der Waals surface area contributed by atoms with Crippen LogP contribution in [-0.4, -0.2) is 46.0 Å². The van der Waals surface area contributed by atoms with Crippen molar-refractivity contribution in [2.45, 2.75) is 63.5 Å². The van der Waals surface area contributed by atoms with Crippen molar-refractivity contribution in [3.8, 4) is 0 Å². The van der Waals surface area contributed by atoms with Crippen molar-refractivity contribution in [3.63, 3.8) is 0 Å². The maximum absolute atomic E-state index is 12.4. The number of nitrogens with one attached hydrogen (secondary N) is 2. The topological polar surface area (TPSA) is 98.7 Å². The molecular weight excluding hydrogens is 390 g/mol. The first kappa shape index (κ1) is 25.0. The zero-order valence-electron chi connectivity index (χ0n) is 17.9. The van der Waals surface area contributed by atoms with E-state index in [1.807, 2.05) is 58.0 Å². The summed E-state index contributed by atoms with van der Waals surface area (Å²) >= 11 is 1.50. The average molecular weight is 424 g/mol. The van der Waals surface area contributed by atoms with Crippen molar-refractivity contribution in [3.05, 3.63) is 35.9 Å². The van der Waals surface area contributed by atoms with Crippen molar-refractivity contribution in [2.75, 3.05) is 7.05 Å². The summed E-state index contributed by atoms with van der Waals surface area (Å²) in [6.45, 7) is 7.76. The molecule has 0 bridgehead atoms. The molecule has 7 nitrogen and oxygen atoms in total. The van der Waals surface area contributed by atoms with Crippen molar-refractivity contribution in [1.82, 2.24) is 15.7 Å². The number of carbonyl (C=O) groups is 3. The van der Waals surface area contributed by atoms with Gasteiger partial charge in [0.2, 0.25) is 5.91 Å². The van der Waals surface area contributed by atoms with Crippen LogP contribution in [0.1, 0.15) is 52.5 Å². The number of benzene rings is 1. The normalized spacial score (nSPS) is 12.4. The molecule has 4 amide bonds. The van der Waals surface area contributed by atoms with Gasteiger partial charge in [-0.15, -0.1) is 16.8 Å². The van der Waals surface area contributed by atoms with Crippen LogP contribution in [0.3, 0.4) is 0 Å². The standard InChI is InChI=1S/C21H33N3O4S/c1-15(2)10-9-13-17(25)24(28)20(27)23-18(19(26)22-5)21(3,4)29-14-16-11-7-6-8-12-16/h6-8,11-12,15,18,28H,9-10,13-14H2,1-5H3,(H,22,26)(H,23,27)/t18-/m0/s1. The van der Waals surface area contributed by atoms with E-state index in [4.69, 9.17) is 0 Å². The van der Waals surface area contributed by atoms with E-state index in [1.165, 1.54) is 18.8 Å². The molecule has 0 saturated heterocycles. The molecule has 0 spiro atoms. The van der Waals surface area contributed by atoms with E-state index in [-0.39, 0.29) is 11.5 Å². The highest BCUT2D eigenvalue weighted by molar-refractivity contribution is 7.99. The summed E-state index contributed by atoms with van der Waals surface area (Å²) in [5.74, 6) is -0.00396. The van der Waals surface area contributed by atoms with Crippen LogP contribution in [0.5, 0.6) is 0 Å². The van der Waals surface area contributed by atoms with Gasteiger partial charge in [0.15, 0.2) is 0 Å². The molecule has 29 heavy (non-hydrogen) atoms. The monoisotopic (exact) mass is 423 g/mol. The fourth-order valence-corrected chi connectivity index (χ4v) is 3.76. The van der Waals surface area contributed by atoms with E-state index in [2.05, 4.69) is 10.6 Å². The Hall–Kier alpha value is -2.06. The lowest BCUT2D eigenvalue weighted by atomic mass is 10.0. The molecule has 0 saturated carbocycles. The first-order chi connectivity index (χ1) is 13.6. The molecule has 0 aliphatic heterocycles. The Kier molecular flexibility index (Phi) is 10.2. The van der Waals surface area contributed by atoms with Gasteiger partial charge < -0.3 is 10.6 Å². The first-order valence-electron chi connectivity index (χ1n) is 9.80. The predicted molar refractivity (Wildman–Crippen MR) is 116 cm³/mol. The first-order valence-corrected chi connectivity index (χ1v) is 10.8. The van der Waals surface area contributed by atoms with Gasteiger partial charge in [0.1, 0.15) is 6.04 Å². The molecule has 0 fully saturated rings. The van der Waals surface area contributed by atoms with Gasteiger partial charge in [-0.2, -0.15) is 0 Å². The number of hydrogen-bond donors (Lipinski definition) is 3. The van der Waals surface area contributed by atoms with Crippen LogP contribution in [0.15, 0.2) is 30.3 Å². The fourth-order valence-electron chi connectivity index (χ4n) is 2.69. The van der Waals surface area contributed by atoms with Crippen LogP contribution in [0.25, 0.3) is 0 Å². The summed E-state index contributed by atoms with van der Waals surface area (Å²) in [7, 11) is 1.48. The fraction of sp³-hybridized carbons (Fsp3) is 0.571. The van der Waals surface area contributed by atoms with E-state index in [0.29, 0.717) is 18.1 Å². The lowest BCUT2D eigenvalue weighted by Crippen LogP contribution is -2.58. The minimum absolute atomic E-state index is 0.0683. The summed E-state index contributed by atoms with van der Waals surface area (Å²) < 4.78 is -0.687. The van der Waals surface area contributed by atoms with E-state index in [1.54, 1.807) is 0 Å². The largest absolute Gasteiger partial charge is 0.357 e. The Labute approximate surface area is 177 Å². The quantitative estimate of drug-likeness (QED) is 0.395. The molecule has 0 aromatic heterocycles. The second-order valence-electron chi connectivity index (χ2n) is 7.87. The molecule has 1 aromatic carbocycles. The van der Waals surface area contributed by atoms with E-state index >= 15 is 0 Å². The Bertz CT molecular complexity index is 680. The lowest BCUT2D eigenvalue weighted by Gasteiger charge is -2.33. The van der Waals surface area contributed by atoms with Gasteiger partial charge in [-0.1, -0.05) is 50.6 Å². The number of nitrogens with zero attached hydrogens (tertiary/aromatic N) is 1. The third-order valence-electron chi connectivity index (χ3n) is 4.53. The maximum atomic E-state index is 12.4. The van der Waals surface area contributed by atoms with Crippen LogP contribution in [-0.2, 0) is 15.3 Å². The summed E-state index contributed by atoms with van der Waals surface area (Å²) in [5, 5.41) is 15.1. The molecular formula is C21H33N3O4S. The summed E-state index contributed by atoms with van der Waals surface area (Å²) in [4.78, 5) is 36.9.